The molecule has 0 saturated carbocycles. The predicted molar refractivity (Wildman–Crippen MR) is 76.9 cm³/mol. The van der Waals surface area contributed by atoms with E-state index in [0.717, 1.165) is 12.1 Å². The third kappa shape index (κ3) is 5.82. The van der Waals surface area contributed by atoms with E-state index in [1.165, 1.54) is 6.92 Å². The molecule has 122 valence electrons. The van der Waals surface area contributed by atoms with Crippen LogP contribution in [0.5, 0.6) is 0 Å². The van der Waals surface area contributed by atoms with Crippen molar-refractivity contribution < 1.29 is 21.6 Å². The molecule has 1 rings (SSSR count). The van der Waals surface area contributed by atoms with E-state index in [0.29, 0.717) is 12.5 Å². The standard InChI is InChI=1S/C12H17F3N2O2S.ClH/c1-8-3-4-10(12(13,14)15)7-11(8)20(18,19)17-6-5-9(2)16;/h3-4,7,9,17H,5-6,16H2,1-2H3;1H. The fraction of sp³-hybridized carbons (Fsp3) is 0.500. The lowest BCUT2D eigenvalue weighted by Gasteiger charge is -2.13. The Bertz CT molecular complexity index is 574. The van der Waals surface area contributed by atoms with E-state index in [-0.39, 0.29) is 35.5 Å². The van der Waals surface area contributed by atoms with Crippen LogP contribution in [0.1, 0.15) is 24.5 Å². The number of nitrogens with two attached hydrogens (primary N) is 1. The first kappa shape index (κ1) is 20.2. The van der Waals surface area contributed by atoms with Gasteiger partial charge in [-0.25, -0.2) is 13.1 Å². The van der Waals surface area contributed by atoms with Gasteiger partial charge in [0.15, 0.2) is 0 Å². The Morgan fingerprint density at radius 1 is 1.33 bits per heavy atom. The number of benzene rings is 1. The van der Waals surface area contributed by atoms with Crippen LogP contribution in [0.25, 0.3) is 0 Å². The summed E-state index contributed by atoms with van der Waals surface area (Å²) in [4.78, 5) is -0.364. The monoisotopic (exact) mass is 346 g/mol. The van der Waals surface area contributed by atoms with Gasteiger partial charge < -0.3 is 5.73 Å². The van der Waals surface area contributed by atoms with Crippen LogP contribution in [0, 0.1) is 6.92 Å². The zero-order chi connectivity index (χ0) is 15.6. The van der Waals surface area contributed by atoms with Gasteiger partial charge in [0, 0.05) is 12.6 Å². The maximum Gasteiger partial charge on any atom is 0.416 e. The van der Waals surface area contributed by atoms with Crippen molar-refractivity contribution in [2.75, 3.05) is 6.54 Å². The van der Waals surface area contributed by atoms with E-state index in [2.05, 4.69) is 4.72 Å². The van der Waals surface area contributed by atoms with Crippen LogP contribution in [0.3, 0.4) is 0 Å². The summed E-state index contributed by atoms with van der Waals surface area (Å²) in [5.41, 5.74) is 4.75. The van der Waals surface area contributed by atoms with E-state index < -0.39 is 21.8 Å². The van der Waals surface area contributed by atoms with Gasteiger partial charge in [-0.1, -0.05) is 6.07 Å². The Kier molecular flexibility index (Phi) is 7.14. The molecule has 1 atom stereocenters. The molecular weight excluding hydrogens is 329 g/mol. The van der Waals surface area contributed by atoms with Crippen LogP contribution < -0.4 is 10.5 Å². The lowest BCUT2D eigenvalue weighted by Crippen LogP contribution is -2.29. The molecule has 0 amide bonds. The molecule has 0 aliphatic carbocycles. The smallest absolute Gasteiger partial charge is 0.328 e. The number of hydrogen-bond donors (Lipinski definition) is 2. The predicted octanol–water partition coefficient (Wildman–Crippen LogP) is 2.45. The summed E-state index contributed by atoms with van der Waals surface area (Å²) < 4.78 is 64.1. The number of nitrogens with one attached hydrogen (secondary N) is 1. The summed E-state index contributed by atoms with van der Waals surface area (Å²) >= 11 is 0. The normalized spacial score (nSPS) is 13.6. The molecule has 4 nitrogen and oxygen atoms in total. The molecule has 1 aromatic rings. The first-order valence-electron chi connectivity index (χ1n) is 5.97. The summed E-state index contributed by atoms with van der Waals surface area (Å²) in [6.07, 6.45) is -4.18. The van der Waals surface area contributed by atoms with Crippen molar-refractivity contribution in [2.45, 2.75) is 37.4 Å². The minimum Gasteiger partial charge on any atom is -0.328 e. The van der Waals surface area contributed by atoms with Crippen LogP contribution in [-0.4, -0.2) is 21.0 Å². The van der Waals surface area contributed by atoms with E-state index >= 15 is 0 Å². The minimum atomic E-state index is -4.58. The first-order chi connectivity index (χ1) is 9.04. The van der Waals surface area contributed by atoms with E-state index in [1.54, 1.807) is 6.92 Å². The van der Waals surface area contributed by atoms with Gasteiger partial charge in [-0.05, 0) is 38.0 Å². The maximum absolute atomic E-state index is 12.6. The van der Waals surface area contributed by atoms with E-state index in [9.17, 15) is 21.6 Å². The van der Waals surface area contributed by atoms with Crippen molar-refractivity contribution in [3.63, 3.8) is 0 Å². The van der Waals surface area contributed by atoms with Crippen LogP contribution in [0.2, 0.25) is 0 Å². The molecule has 0 spiro atoms. The second-order valence-corrected chi connectivity index (χ2v) is 6.38. The number of halogens is 4. The number of alkyl halides is 3. The van der Waals surface area contributed by atoms with Gasteiger partial charge in [0.05, 0.1) is 10.5 Å². The van der Waals surface area contributed by atoms with Gasteiger partial charge in [0.1, 0.15) is 0 Å². The minimum absolute atomic E-state index is 0. The van der Waals surface area contributed by atoms with Crippen LogP contribution >= 0.6 is 12.4 Å². The molecule has 0 saturated heterocycles. The summed E-state index contributed by atoms with van der Waals surface area (Å²) in [5.74, 6) is 0. The highest BCUT2D eigenvalue weighted by molar-refractivity contribution is 7.89. The second-order valence-electron chi connectivity index (χ2n) is 4.64. The van der Waals surface area contributed by atoms with Crippen LogP contribution in [0.15, 0.2) is 23.1 Å². The van der Waals surface area contributed by atoms with Crippen molar-refractivity contribution in [3.05, 3.63) is 29.3 Å². The molecule has 0 aliphatic rings. The topological polar surface area (TPSA) is 72.2 Å². The second kappa shape index (κ2) is 7.44. The number of rotatable bonds is 5. The quantitative estimate of drug-likeness (QED) is 0.860. The Morgan fingerprint density at radius 3 is 2.38 bits per heavy atom. The maximum atomic E-state index is 12.6. The molecule has 0 fully saturated rings. The van der Waals surface area contributed by atoms with Gasteiger partial charge in [-0.2, -0.15) is 13.2 Å². The van der Waals surface area contributed by atoms with E-state index in [1.807, 2.05) is 0 Å². The third-order valence-electron chi connectivity index (χ3n) is 2.70. The lowest BCUT2D eigenvalue weighted by molar-refractivity contribution is -0.137. The zero-order valence-electron chi connectivity index (χ0n) is 11.6. The Morgan fingerprint density at radius 2 is 1.90 bits per heavy atom. The number of hydrogen-bond acceptors (Lipinski definition) is 3. The van der Waals surface area contributed by atoms with Crippen molar-refractivity contribution in [1.82, 2.24) is 4.72 Å². The summed E-state index contributed by atoms with van der Waals surface area (Å²) in [5, 5.41) is 0. The van der Waals surface area contributed by atoms with Crippen LogP contribution in [0.4, 0.5) is 13.2 Å². The molecule has 0 heterocycles. The lowest BCUT2D eigenvalue weighted by atomic mass is 10.1. The Labute approximate surface area is 128 Å². The highest BCUT2D eigenvalue weighted by Gasteiger charge is 2.32. The summed E-state index contributed by atoms with van der Waals surface area (Å²) in [6.45, 7) is 3.24. The van der Waals surface area contributed by atoms with Crippen molar-refractivity contribution in [1.29, 1.82) is 0 Å². The largest absolute Gasteiger partial charge is 0.416 e. The Hall–Kier alpha value is -0.830. The molecule has 1 unspecified atom stereocenters. The van der Waals surface area contributed by atoms with Gasteiger partial charge in [-0.3, -0.25) is 0 Å². The third-order valence-corrected chi connectivity index (χ3v) is 4.30. The van der Waals surface area contributed by atoms with Gasteiger partial charge in [-0.15, -0.1) is 12.4 Å². The summed E-state index contributed by atoms with van der Waals surface area (Å²) in [6, 6.07) is 2.45. The fourth-order valence-corrected chi connectivity index (χ4v) is 2.88. The van der Waals surface area contributed by atoms with Gasteiger partial charge >= 0.3 is 6.18 Å². The molecule has 1 aromatic carbocycles. The molecule has 0 bridgehead atoms. The molecule has 3 N–H and O–H groups in total. The van der Waals surface area contributed by atoms with Crippen molar-refractivity contribution in [2.24, 2.45) is 5.73 Å². The van der Waals surface area contributed by atoms with Crippen molar-refractivity contribution >= 4 is 22.4 Å². The SMILES string of the molecule is Cc1ccc(C(F)(F)F)cc1S(=O)(=O)NCCC(C)N.Cl. The van der Waals surface area contributed by atoms with Crippen LogP contribution in [-0.2, 0) is 16.2 Å². The molecule has 0 aromatic heterocycles. The molecule has 9 heteroatoms. The highest BCUT2D eigenvalue weighted by Crippen LogP contribution is 2.31. The summed E-state index contributed by atoms with van der Waals surface area (Å²) in [7, 11) is -3.97. The van der Waals surface area contributed by atoms with Crippen molar-refractivity contribution in [3.8, 4) is 0 Å². The number of aryl methyl sites for hydroxylation is 1. The van der Waals surface area contributed by atoms with E-state index in [4.69, 9.17) is 5.73 Å². The molecule has 0 radical (unpaired) electrons. The molecule has 0 aliphatic heterocycles. The zero-order valence-corrected chi connectivity index (χ0v) is 13.2. The first-order valence-corrected chi connectivity index (χ1v) is 7.45. The Balaban J connectivity index is 0.00000400. The highest BCUT2D eigenvalue weighted by atomic mass is 35.5. The van der Waals surface area contributed by atoms with Gasteiger partial charge in [0.25, 0.3) is 0 Å². The molecular formula is C12H18ClF3N2O2S. The number of sulfonamides is 1. The van der Waals surface area contributed by atoms with Gasteiger partial charge in [0.2, 0.25) is 10.0 Å². The average molecular weight is 347 g/mol. The average Bonchev–Trinajstić information content (AvgIpc) is 2.26. The fourth-order valence-electron chi connectivity index (χ4n) is 1.56. The molecule has 21 heavy (non-hydrogen) atoms.